The molecule has 1 aliphatic heterocycles. The van der Waals surface area contributed by atoms with E-state index < -0.39 is 0 Å². The van der Waals surface area contributed by atoms with Gasteiger partial charge in [-0.15, -0.1) is 0 Å². The Morgan fingerprint density at radius 2 is 2.11 bits per heavy atom. The van der Waals surface area contributed by atoms with E-state index in [-0.39, 0.29) is 11.8 Å². The van der Waals surface area contributed by atoms with E-state index in [1.54, 1.807) is 0 Å². The normalized spacial score (nSPS) is 20.9. The van der Waals surface area contributed by atoms with Crippen LogP contribution in [-0.2, 0) is 0 Å². The molecule has 1 unspecified atom stereocenters. The van der Waals surface area contributed by atoms with E-state index in [1.807, 2.05) is 30.0 Å². The molecule has 1 aromatic carbocycles. The Bertz CT molecular complexity index is 430. The maximum Gasteiger partial charge on any atom is 0.0995 e. The molecule has 1 aromatic rings. The fourth-order valence-corrected chi connectivity index (χ4v) is 3.77. The molecule has 0 spiro atoms. The minimum Gasteiger partial charge on any atom is -0.387 e. The number of nitrogens with zero attached hydrogens (tertiary/aromatic N) is 1. The average Bonchev–Trinajstić information content (AvgIpc) is 2.35. The fraction of sp³-hybridized carbons (Fsp3) is 0.533. The Morgan fingerprint density at radius 3 is 2.68 bits per heavy atom. The van der Waals surface area contributed by atoms with Crippen LogP contribution in [0, 0.1) is 5.41 Å². The zero-order chi connectivity index (χ0) is 13.9. The van der Waals surface area contributed by atoms with Crippen molar-refractivity contribution in [3.63, 3.8) is 0 Å². The standard InChI is InChI=1S/C15H23N3S/c1-15(2)11-18(8-9-19-15)10-13(14(16)17)12-6-4-3-5-7-12/h3-7,13H,8-11H2,1-2H3,(H3,16,17). The lowest BCUT2D eigenvalue weighted by atomic mass is 9.97. The number of benzene rings is 1. The van der Waals surface area contributed by atoms with Crippen molar-refractivity contribution in [2.75, 3.05) is 25.4 Å². The highest BCUT2D eigenvalue weighted by Gasteiger charge is 2.29. The Balaban J connectivity index is 2.08. The summed E-state index contributed by atoms with van der Waals surface area (Å²) in [5.41, 5.74) is 6.95. The van der Waals surface area contributed by atoms with E-state index in [2.05, 4.69) is 30.9 Å². The third-order valence-electron chi connectivity index (χ3n) is 3.52. The minimum atomic E-state index is 0.0140. The predicted octanol–water partition coefficient (Wildman–Crippen LogP) is 2.53. The highest BCUT2D eigenvalue weighted by Crippen LogP contribution is 2.30. The molecule has 0 amide bonds. The lowest BCUT2D eigenvalue weighted by Gasteiger charge is -2.39. The van der Waals surface area contributed by atoms with E-state index in [4.69, 9.17) is 11.1 Å². The van der Waals surface area contributed by atoms with Crippen LogP contribution in [-0.4, -0.2) is 40.9 Å². The second kappa shape index (κ2) is 5.97. The second-order valence-corrected chi connectivity index (χ2v) is 7.56. The molecule has 0 bridgehead atoms. The number of thioether (sulfide) groups is 1. The highest BCUT2D eigenvalue weighted by atomic mass is 32.2. The smallest absolute Gasteiger partial charge is 0.0995 e. The zero-order valence-electron chi connectivity index (χ0n) is 11.7. The van der Waals surface area contributed by atoms with Crippen LogP contribution in [0.2, 0.25) is 0 Å². The molecule has 2 rings (SSSR count). The molecule has 0 aliphatic carbocycles. The van der Waals surface area contributed by atoms with Crippen molar-refractivity contribution >= 4 is 17.6 Å². The molecule has 0 aromatic heterocycles. The van der Waals surface area contributed by atoms with E-state index in [0.29, 0.717) is 4.75 Å². The van der Waals surface area contributed by atoms with Gasteiger partial charge in [-0.05, 0) is 19.4 Å². The first-order valence-corrected chi connectivity index (χ1v) is 7.72. The van der Waals surface area contributed by atoms with Crippen molar-refractivity contribution in [1.29, 1.82) is 5.41 Å². The Labute approximate surface area is 120 Å². The topological polar surface area (TPSA) is 53.1 Å². The van der Waals surface area contributed by atoms with Gasteiger partial charge in [0.15, 0.2) is 0 Å². The van der Waals surface area contributed by atoms with Gasteiger partial charge in [0, 0.05) is 30.1 Å². The van der Waals surface area contributed by atoms with Crippen molar-refractivity contribution in [3.05, 3.63) is 35.9 Å². The van der Waals surface area contributed by atoms with Gasteiger partial charge < -0.3 is 10.6 Å². The van der Waals surface area contributed by atoms with Crippen molar-refractivity contribution in [2.24, 2.45) is 5.73 Å². The SMILES string of the molecule is CC1(C)CN(CC(C(=N)N)c2ccccc2)CCS1. The molecule has 0 saturated carbocycles. The highest BCUT2D eigenvalue weighted by molar-refractivity contribution is 8.00. The number of hydrogen-bond donors (Lipinski definition) is 2. The van der Waals surface area contributed by atoms with Gasteiger partial charge in [-0.25, -0.2) is 0 Å². The summed E-state index contributed by atoms with van der Waals surface area (Å²) in [4.78, 5) is 2.44. The zero-order valence-corrected chi connectivity index (χ0v) is 12.5. The van der Waals surface area contributed by atoms with Crippen molar-refractivity contribution in [1.82, 2.24) is 4.90 Å². The van der Waals surface area contributed by atoms with Crippen LogP contribution < -0.4 is 5.73 Å². The largest absolute Gasteiger partial charge is 0.387 e. The molecule has 19 heavy (non-hydrogen) atoms. The number of nitrogens with one attached hydrogen (secondary N) is 1. The van der Waals surface area contributed by atoms with Gasteiger partial charge in [0.05, 0.1) is 11.8 Å². The lowest BCUT2D eigenvalue weighted by Crippen LogP contribution is -2.46. The molecule has 4 heteroatoms. The van der Waals surface area contributed by atoms with Crippen LogP contribution in [0.4, 0.5) is 0 Å². The van der Waals surface area contributed by atoms with Crippen LogP contribution in [0.15, 0.2) is 30.3 Å². The third kappa shape index (κ3) is 3.98. The van der Waals surface area contributed by atoms with Crippen LogP contribution in [0.25, 0.3) is 0 Å². The molecule has 1 aliphatic rings. The van der Waals surface area contributed by atoms with Gasteiger partial charge in [-0.1, -0.05) is 30.3 Å². The van der Waals surface area contributed by atoms with Crippen LogP contribution in [0.1, 0.15) is 25.3 Å². The molecule has 104 valence electrons. The summed E-state index contributed by atoms with van der Waals surface area (Å²) < 4.78 is 0.302. The van der Waals surface area contributed by atoms with Crippen molar-refractivity contribution in [2.45, 2.75) is 24.5 Å². The Morgan fingerprint density at radius 1 is 1.42 bits per heavy atom. The molecular formula is C15H23N3S. The average molecular weight is 277 g/mol. The second-order valence-electron chi connectivity index (χ2n) is 5.76. The van der Waals surface area contributed by atoms with E-state index in [9.17, 15) is 0 Å². The van der Waals surface area contributed by atoms with E-state index >= 15 is 0 Å². The number of rotatable bonds is 4. The van der Waals surface area contributed by atoms with Gasteiger partial charge in [-0.3, -0.25) is 5.41 Å². The summed E-state index contributed by atoms with van der Waals surface area (Å²) >= 11 is 2.03. The van der Waals surface area contributed by atoms with Gasteiger partial charge in [-0.2, -0.15) is 11.8 Å². The molecule has 3 N–H and O–H groups in total. The maximum atomic E-state index is 7.85. The van der Waals surface area contributed by atoms with E-state index in [1.165, 1.54) is 0 Å². The molecule has 3 nitrogen and oxygen atoms in total. The minimum absolute atomic E-state index is 0.0140. The molecule has 1 atom stereocenters. The lowest BCUT2D eigenvalue weighted by molar-refractivity contribution is 0.257. The first-order chi connectivity index (χ1) is 8.98. The van der Waals surface area contributed by atoms with E-state index in [0.717, 1.165) is 31.0 Å². The van der Waals surface area contributed by atoms with Crippen molar-refractivity contribution < 1.29 is 0 Å². The fourth-order valence-electron chi connectivity index (χ4n) is 2.60. The predicted molar refractivity (Wildman–Crippen MR) is 84.1 cm³/mol. The van der Waals surface area contributed by atoms with Crippen LogP contribution in [0.3, 0.4) is 0 Å². The summed E-state index contributed by atoms with van der Waals surface area (Å²) in [7, 11) is 0. The molecular weight excluding hydrogens is 254 g/mol. The third-order valence-corrected chi connectivity index (χ3v) is 4.82. The Hall–Kier alpha value is -1.00. The first kappa shape index (κ1) is 14.4. The van der Waals surface area contributed by atoms with Gasteiger partial charge in [0.1, 0.15) is 0 Å². The summed E-state index contributed by atoms with van der Waals surface area (Å²) in [6.07, 6.45) is 0. The van der Waals surface area contributed by atoms with Gasteiger partial charge >= 0.3 is 0 Å². The van der Waals surface area contributed by atoms with Gasteiger partial charge in [0.2, 0.25) is 0 Å². The monoisotopic (exact) mass is 277 g/mol. The van der Waals surface area contributed by atoms with Crippen LogP contribution >= 0.6 is 11.8 Å². The summed E-state index contributed by atoms with van der Waals surface area (Å²) in [5.74, 6) is 1.44. The van der Waals surface area contributed by atoms with Crippen molar-refractivity contribution in [3.8, 4) is 0 Å². The molecule has 1 saturated heterocycles. The summed E-state index contributed by atoms with van der Waals surface area (Å²) in [5, 5.41) is 7.85. The summed E-state index contributed by atoms with van der Waals surface area (Å²) in [6.45, 7) is 7.58. The van der Waals surface area contributed by atoms with Gasteiger partial charge in [0.25, 0.3) is 0 Å². The molecule has 1 fully saturated rings. The first-order valence-electron chi connectivity index (χ1n) is 6.73. The Kier molecular flexibility index (Phi) is 4.53. The number of nitrogens with two attached hydrogens (primary N) is 1. The van der Waals surface area contributed by atoms with Crippen LogP contribution in [0.5, 0.6) is 0 Å². The number of amidine groups is 1. The quantitative estimate of drug-likeness (QED) is 0.657. The number of hydrogen-bond acceptors (Lipinski definition) is 3. The molecule has 0 radical (unpaired) electrons. The maximum absolute atomic E-state index is 7.85. The molecule has 1 heterocycles. The summed E-state index contributed by atoms with van der Waals surface area (Å²) in [6, 6.07) is 10.2.